The maximum absolute atomic E-state index is 14.3. The standard InChI is InChI=1S/C11H17BrF8O2Si/c1-4-7-23(21-5-2,22-6-3)11(19,20)9(15,16)8(13,14)10(12,17)18/h4-7H2,1-3H3. The summed E-state index contributed by atoms with van der Waals surface area (Å²) in [5.74, 6) is -12.7. The first-order valence-corrected chi connectivity index (χ1v) is 9.48. The van der Waals surface area contributed by atoms with E-state index in [0.717, 1.165) is 15.9 Å². The van der Waals surface area contributed by atoms with Crippen molar-refractivity contribution in [3.05, 3.63) is 0 Å². The van der Waals surface area contributed by atoms with Gasteiger partial charge in [-0.15, -0.1) is 0 Å². The summed E-state index contributed by atoms with van der Waals surface area (Å²) in [7, 11) is -5.26. The van der Waals surface area contributed by atoms with Gasteiger partial charge in [0.2, 0.25) is 0 Å². The molecule has 0 bridgehead atoms. The van der Waals surface area contributed by atoms with E-state index in [0.29, 0.717) is 0 Å². The lowest BCUT2D eigenvalue weighted by atomic mass is 10.2. The molecule has 0 rings (SSSR count). The molecule has 0 heterocycles. The predicted molar refractivity (Wildman–Crippen MR) is 72.8 cm³/mol. The minimum atomic E-state index is -6.39. The van der Waals surface area contributed by atoms with Crippen molar-refractivity contribution < 1.29 is 44.0 Å². The molecule has 0 amide bonds. The first-order chi connectivity index (χ1) is 10.2. The normalized spacial score (nSPS) is 15.1. The second kappa shape index (κ2) is 7.52. The van der Waals surface area contributed by atoms with Gasteiger partial charge in [0, 0.05) is 13.2 Å². The van der Waals surface area contributed by atoms with Gasteiger partial charge in [0.05, 0.1) is 0 Å². The summed E-state index contributed by atoms with van der Waals surface area (Å²) >= 11 is 1.05. The highest BCUT2D eigenvalue weighted by Gasteiger charge is 2.86. The molecule has 0 radical (unpaired) electrons. The van der Waals surface area contributed by atoms with E-state index < -0.39 is 50.0 Å². The van der Waals surface area contributed by atoms with E-state index in [2.05, 4.69) is 8.85 Å². The Hall–Kier alpha value is 0.0569. The third-order valence-electron chi connectivity index (χ3n) is 2.96. The predicted octanol–water partition coefficient (Wildman–Crippen LogP) is 5.34. The van der Waals surface area contributed by atoms with Crippen molar-refractivity contribution in [3.8, 4) is 0 Å². The molecule has 140 valence electrons. The lowest BCUT2D eigenvalue weighted by Crippen LogP contribution is -2.72. The fraction of sp³-hybridized carbons (Fsp3) is 1.00. The molecule has 0 spiro atoms. The van der Waals surface area contributed by atoms with Gasteiger partial charge >= 0.3 is 30.8 Å². The molecule has 0 aromatic rings. The van der Waals surface area contributed by atoms with Gasteiger partial charge in [-0.3, -0.25) is 0 Å². The average molecular weight is 441 g/mol. The van der Waals surface area contributed by atoms with E-state index in [4.69, 9.17) is 0 Å². The molecule has 0 aliphatic heterocycles. The van der Waals surface area contributed by atoms with Crippen LogP contribution in [0.2, 0.25) is 6.04 Å². The number of alkyl halides is 9. The highest BCUT2D eigenvalue weighted by atomic mass is 79.9. The van der Waals surface area contributed by atoms with Crippen LogP contribution in [0, 0.1) is 0 Å². The molecule has 0 unspecified atom stereocenters. The topological polar surface area (TPSA) is 18.5 Å². The Kier molecular flexibility index (Phi) is 7.54. The Bertz CT molecular complexity index is 368. The minimum Gasteiger partial charge on any atom is -0.391 e. The lowest BCUT2D eigenvalue weighted by Gasteiger charge is -2.42. The van der Waals surface area contributed by atoms with Gasteiger partial charge in [0.15, 0.2) is 0 Å². The highest BCUT2D eigenvalue weighted by Crippen LogP contribution is 2.57. The van der Waals surface area contributed by atoms with Crippen LogP contribution < -0.4 is 0 Å². The molecule has 0 aromatic carbocycles. The molecule has 0 atom stereocenters. The van der Waals surface area contributed by atoms with E-state index in [1.807, 2.05) is 0 Å². The number of halogens is 9. The van der Waals surface area contributed by atoms with Crippen molar-refractivity contribution >= 4 is 24.5 Å². The van der Waals surface area contributed by atoms with Crippen molar-refractivity contribution in [3.63, 3.8) is 0 Å². The maximum Gasteiger partial charge on any atom is 0.422 e. The van der Waals surface area contributed by atoms with Crippen LogP contribution in [0.5, 0.6) is 0 Å². The molecule has 12 heteroatoms. The highest BCUT2D eigenvalue weighted by molar-refractivity contribution is 9.10. The van der Waals surface area contributed by atoms with Crippen LogP contribution in [-0.4, -0.2) is 44.0 Å². The zero-order valence-electron chi connectivity index (χ0n) is 12.5. The smallest absolute Gasteiger partial charge is 0.391 e. The fourth-order valence-electron chi connectivity index (χ4n) is 1.93. The first-order valence-electron chi connectivity index (χ1n) is 6.66. The summed E-state index contributed by atoms with van der Waals surface area (Å²) in [5, 5.41) is 0. The SMILES string of the molecule is CCC[Si](OCC)(OCC)C(F)(F)C(F)(F)C(F)(F)C(F)(F)Br. The zero-order valence-corrected chi connectivity index (χ0v) is 15.1. The molecule has 0 N–H and O–H groups in total. The van der Waals surface area contributed by atoms with Crippen molar-refractivity contribution in [2.45, 2.75) is 55.5 Å². The minimum absolute atomic E-state index is 0.145. The van der Waals surface area contributed by atoms with E-state index in [-0.39, 0.29) is 6.42 Å². The van der Waals surface area contributed by atoms with Crippen LogP contribution in [0.4, 0.5) is 35.1 Å². The largest absolute Gasteiger partial charge is 0.422 e. The van der Waals surface area contributed by atoms with E-state index >= 15 is 0 Å². The van der Waals surface area contributed by atoms with E-state index in [1.165, 1.54) is 20.8 Å². The van der Waals surface area contributed by atoms with Gasteiger partial charge in [0.25, 0.3) is 0 Å². The molecule has 0 saturated carbocycles. The van der Waals surface area contributed by atoms with Crippen molar-refractivity contribution in [1.82, 2.24) is 0 Å². The monoisotopic (exact) mass is 440 g/mol. The molecule has 0 saturated heterocycles. The second-order valence-electron chi connectivity index (χ2n) is 4.59. The fourth-order valence-corrected chi connectivity index (χ4v) is 5.46. The molecule has 0 fully saturated rings. The maximum atomic E-state index is 14.3. The van der Waals surface area contributed by atoms with Gasteiger partial charge < -0.3 is 8.85 Å². The number of hydrogen-bond acceptors (Lipinski definition) is 2. The van der Waals surface area contributed by atoms with E-state index in [1.54, 1.807) is 0 Å². The summed E-state index contributed by atoms with van der Waals surface area (Å²) in [4.78, 5) is -5.54. The molecular weight excluding hydrogens is 424 g/mol. The first kappa shape index (κ1) is 23.1. The third kappa shape index (κ3) is 3.84. The summed E-state index contributed by atoms with van der Waals surface area (Å²) in [6.07, 6.45) is -0.145. The van der Waals surface area contributed by atoms with Crippen LogP contribution in [0.1, 0.15) is 27.2 Å². The number of hydrogen-bond donors (Lipinski definition) is 0. The Labute approximate surface area is 137 Å². The van der Waals surface area contributed by atoms with Gasteiger partial charge in [-0.25, -0.2) is 0 Å². The summed E-state index contributed by atoms with van der Waals surface area (Å²) in [5.41, 5.74) is -5.59. The lowest BCUT2D eigenvalue weighted by molar-refractivity contribution is -0.331. The van der Waals surface area contributed by atoms with E-state index in [9.17, 15) is 35.1 Å². The Balaban J connectivity index is 6.21. The van der Waals surface area contributed by atoms with Crippen LogP contribution >= 0.6 is 15.9 Å². The summed E-state index contributed by atoms with van der Waals surface area (Å²) in [6.45, 7) is 2.65. The van der Waals surface area contributed by atoms with Crippen molar-refractivity contribution in [2.75, 3.05) is 13.2 Å². The molecule has 0 aromatic heterocycles. The Morgan fingerprint density at radius 1 is 0.783 bits per heavy atom. The van der Waals surface area contributed by atoms with Crippen molar-refractivity contribution in [1.29, 1.82) is 0 Å². The van der Waals surface area contributed by atoms with Crippen LogP contribution in [0.25, 0.3) is 0 Å². The quantitative estimate of drug-likeness (QED) is 0.259. The Morgan fingerprint density at radius 2 is 1.17 bits per heavy atom. The van der Waals surface area contributed by atoms with Crippen LogP contribution in [0.15, 0.2) is 0 Å². The van der Waals surface area contributed by atoms with Crippen molar-refractivity contribution in [2.24, 2.45) is 0 Å². The average Bonchev–Trinajstić information content (AvgIpc) is 2.37. The molecular formula is C11H17BrF8O2Si. The zero-order chi connectivity index (χ0) is 18.7. The molecule has 23 heavy (non-hydrogen) atoms. The second-order valence-corrected chi connectivity index (χ2v) is 8.80. The van der Waals surface area contributed by atoms with Gasteiger partial charge in [-0.1, -0.05) is 13.3 Å². The Morgan fingerprint density at radius 3 is 1.43 bits per heavy atom. The van der Waals surface area contributed by atoms with Crippen LogP contribution in [-0.2, 0) is 8.85 Å². The molecule has 2 nitrogen and oxygen atoms in total. The third-order valence-corrected chi connectivity index (χ3v) is 7.39. The van der Waals surface area contributed by atoms with Gasteiger partial charge in [-0.05, 0) is 35.8 Å². The summed E-state index contributed by atoms with van der Waals surface area (Å²) in [6, 6.07) is -0.763. The van der Waals surface area contributed by atoms with Gasteiger partial charge in [-0.2, -0.15) is 35.1 Å². The summed E-state index contributed by atoms with van der Waals surface area (Å²) < 4.78 is 118. The molecule has 0 aliphatic rings. The number of rotatable bonds is 10. The van der Waals surface area contributed by atoms with Gasteiger partial charge in [0.1, 0.15) is 0 Å². The van der Waals surface area contributed by atoms with Crippen LogP contribution in [0.3, 0.4) is 0 Å². The molecule has 0 aliphatic carbocycles.